The normalized spacial score (nSPS) is 16.4. The molecule has 1 N–H and O–H groups in total. The number of halogens is 1. The third kappa shape index (κ3) is 3.99. The summed E-state index contributed by atoms with van der Waals surface area (Å²) < 4.78 is 7.59. The molecule has 0 aliphatic carbocycles. The number of carbonyl (C=O) groups excluding carboxylic acids is 1. The first kappa shape index (κ1) is 19.8. The smallest absolute Gasteiger partial charge is 0.275 e. The molecule has 3 aromatic rings. The zero-order valence-corrected chi connectivity index (χ0v) is 18.4. The van der Waals surface area contributed by atoms with Gasteiger partial charge in [0.25, 0.3) is 5.56 Å². The maximum absolute atomic E-state index is 12.9. The first-order valence-electron chi connectivity index (χ1n) is 9.20. The van der Waals surface area contributed by atoms with Crippen molar-refractivity contribution in [3.63, 3.8) is 0 Å². The molecule has 1 amide bonds. The maximum Gasteiger partial charge on any atom is 0.275 e. The minimum atomic E-state index is -0.328. The molecule has 1 atom stereocenters. The standard InChI is InChI=1S/C19H20BrN5O3S/c1-11-8-16(26)25-18(22-11)29-19(23-25)24-7-3-4-14(24)17(27)21-10-12-9-13(20)5-6-15(12)28-2/h5-6,8-9,14H,3-4,7,10H2,1-2H3,(H,21,27)/t14-/m1/s1. The third-order valence-electron chi connectivity index (χ3n) is 4.86. The summed E-state index contributed by atoms with van der Waals surface area (Å²) in [6.07, 6.45) is 1.62. The van der Waals surface area contributed by atoms with Crippen LogP contribution in [-0.4, -0.2) is 40.2 Å². The van der Waals surface area contributed by atoms with Crippen LogP contribution in [0.1, 0.15) is 24.1 Å². The van der Waals surface area contributed by atoms with E-state index in [1.54, 1.807) is 14.0 Å². The number of ether oxygens (including phenoxy) is 1. The first-order valence-corrected chi connectivity index (χ1v) is 10.8. The van der Waals surface area contributed by atoms with Gasteiger partial charge < -0.3 is 15.0 Å². The van der Waals surface area contributed by atoms with Crippen molar-refractivity contribution in [2.24, 2.45) is 0 Å². The van der Waals surface area contributed by atoms with Crippen LogP contribution in [0.15, 0.2) is 33.5 Å². The van der Waals surface area contributed by atoms with E-state index in [0.29, 0.717) is 28.9 Å². The average Bonchev–Trinajstić information content (AvgIpc) is 3.33. The number of methoxy groups -OCH3 is 1. The molecule has 0 spiro atoms. The van der Waals surface area contributed by atoms with Crippen molar-refractivity contribution in [2.45, 2.75) is 32.4 Å². The molecular weight excluding hydrogens is 458 g/mol. The molecule has 1 fully saturated rings. The predicted octanol–water partition coefficient (Wildman–Crippen LogP) is 2.52. The number of carbonyl (C=O) groups is 1. The predicted molar refractivity (Wildman–Crippen MR) is 115 cm³/mol. The van der Waals surface area contributed by atoms with Crippen molar-refractivity contribution < 1.29 is 9.53 Å². The van der Waals surface area contributed by atoms with Crippen LogP contribution < -0.4 is 20.5 Å². The van der Waals surface area contributed by atoms with Gasteiger partial charge in [-0.2, -0.15) is 4.52 Å². The summed E-state index contributed by atoms with van der Waals surface area (Å²) in [4.78, 5) is 31.9. The molecule has 0 unspecified atom stereocenters. The second-order valence-electron chi connectivity index (χ2n) is 6.84. The molecule has 0 bridgehead atoms. The molecule has 0 radical (unpaired) electrons. The number of fused-ring (bicyclic) bond motifs is 1. The fourth-order valence-electron chi connectivity index (χ4n) is 3.48. The average molecular weight is 478 g/mol. The Morgan fingerprint density at radius 3 is 3.03 bits per heavy atom. The van der Waals surface area contributed by atoms with Crippen molar-refractivity contribution in [1.82, 2.24) is 19.9 Å². The number of nitrogens with one attached hydrogen (secondary N) is 1. The number of hydrogen-bond donors (Lipinski definition) is 1. The van der Waals surface area contributed by atoms with Crippen LogP contribution in [-0.2, 0) is 11.3 Å². The highest BCUT2D eigenvalue weighted by atomic mass is 79.9. The Morgan fingerprint density at radius 2 is 2.24 bits per heavy atom. The van der Waals surface area contributed by atoms with E-state index in [0.717, 1.165) is 28.6 Å². The Kier molecular flexibility index (Phi) is 5.55. The summed E-state index contributed by atoms with van der Waals surface area (Å²) in [6, 6.07) is 6.82. The van der Waals surface area contributed by atoms with Crippen LogP contribution in [0.3, 0.4) is 0 Å². The minimum absolute atomic E-state index is 0.0692. The lowest BCUT2D eigenvalue weighted by Crippen LogP contribution is -2.43. The van der Waals surface area contributed by atoms with E-state index >= 15 is 0 Å². The Labute approximate surface area is 179 Å². The molecule has 10 heteroatoms. The zero-order chi connectivity index (χ0) is 20.5. The van der Waals surface area contributed by atoms with Gasteiger partial charge in [-0.3, -0.25) is 9.59 Å². The fraction of sp³-hybridized carbons (Fsp3) is 0.368. The van der Waals surface area contributed by atoms with Crippen molar-refractivity contribution in [2.75, 3.05) is 18.6 Å². The van der Waals surface area contributed by atoms with Gasteiger partial charge in [-0.15, -0.1) is 5.10 Å². The molecule has 4 rings (SSSR count). The van der Waals surface area contributed by atoms with Gasteiger partial charge in [0.15, 0.2) is 0 Å². The van der Waals surface area contributed by atoms with Gasteiger partial charge in [0, 0.05) is 34.9 Å². The number of rotatable bonds is 5. The summed E-state index contributed by atoms with van der Waals surface area (Å²) in [6.45, 7) is 2.86. The van der Waals surface area contributed by atoms with Crippen LogP contribution >= 0.6 is 27.3 Å². The number of anilines is 1. The summed E-state index contributed by atoms with van der Waals surface area (Å²) in [5, 5.41) is 8.05. The molecule has 8 nitrogen and oxygen atoms in total. The molecule has 1 aliphatic rings. The van der Waals surface area contributed by atoms with E-state index in [-0.39, 0.29) is 17.5 Å². The van der Waals surface area contributed by atoms with Crippen molar-refractivity contribution >= 4 is 43.3 Å². The fourth-order valence-corrected chi connectivity index (χ4v) is 4.92. The van der Waals surface area contributed by atoms with E-state index < -0.39 is 0 Å². The Morgan fingerprint density at radius 1 is 1.41 bits per heavy atom. The SMILES string of the molecule is COc1ccc(Br)cc1CNC(=O)[C@H]1CCCN1c1nn2c(=O)cc(C)nc2s1. The van der Waals surface area contributed by atoms with Crippen LogP contribution in [0.4, 0.5) is 5.13 Å². The largest absolute Gasteiger partial charge is 0.496 e. The molecule has 2 aromatic heterocycles. The third-order valence-corrected chi connectivity index (χ3v) is 6.30. The van der Waals surface area contributed by atoms with Crippen LogP contribution in [0, 0.1) is 6.92 Å². The van der Waals surface area contributed by atoms with Gasteiger partial charge in [-0.05, 0) is 38.0 Å². The summed E-state index contributed by atoms with van der Waals surface area (Å²) in [5.41, 5.74) is 1.34. The quantitative estimate of drug-likeness (QED) is 0.607. The van der Waals surface area contributed by atoms with E-state index in [2.05, 4.69) is 31.3 Å². The van der Waals surface area contributed by atoms with Crippen molar-refractivity contribution in [3.05, 3.63) is 50.3 Å². The van der Waals surface area contributed by atoms with Gasteiger partial charge in [0.05, 0.1) is 7.11 Å². The van der Waals surface area contributed by atoms with Gasteiger partial charge in [0.2, 0.25) is 16.0 Å². The lowest BCUT2D eigenvalue weighted by Gasteiger charge is -2.22. The van der Waals surface area contributed by atoms with E-state index in [9.17, 15) is 9.59 Å². The van der Waals surface area contributed by atoms with E-state index in [1.165, 1.54) is 21.9 Å². The maximum atomic E-state index is 12.9. The molecular formula is C19H20BrN5O3S. The first-order chi connectivity index (χ1) is 14.0. The van der Waals surface area contributed by atoms with Gasteiger partial charge in [0.1, 0.15) is 11.8 Å². The summed E-state index contributed by atoms with van der Waals surface area (Å²) >= 11 is 4.78. The van der Waals surface area contributed by atoms with Crippen LogP contribution in [0.25, 0.3) is 4.96 Å². The van der Waals surface area contributed by atoms with Crippen molar-refractivity contribution in [1.29, 1.82) is 0 Å². The second-order valence-corrected chi connectivity index (χ2v) is 8.69. The summed E-state index contributed by atoms with van der Waals surface area (Å²) in [7, 11) is 1.61. The number of hydrogen-bond acceptors (Lipinski definition) is 7. The highest BCUT2D eigenvalue weighted by molar-refractivity contribution is 9.10. The molecule has 152 valence electrons. The number of aryl methyl sites for hydroxylation is 1. The second kappa shape index (κ2) is 8.11. The topological polar surface area (TPSA) is 88.8 Å². The Hall–Kier alpha value is -2.46. The summed E-state index contributed by atoms with van der Waals surface area (Å²) in [5.74, 6) is 0.657. The number of amides is 1. The van der Waals surface area contributed by atoms with Gasteiger partial charge in [-0.1, -0.05) is 27.3 Å². The molecule has 1 aliphatic heterocycles. The van der Waals surface area contributed by atoms with Crippen LogP contribution in [0.2, 0.25) is 0 Å². The van der Waals surface area contributed by atoms with E-state index in [4.69, 9.17) is 4.74 Å². The van der Waals surface area contributed by atoms with Gasteiger partial charge >= 0.3 is 0 Å². The number of benzene rings is 1. The minimum Gasteiger partial charge on any atom is -0.496 e. The number of nitrogens with zero attached hydrogens (tertiary/aromatic N) is 4. The lowest BCUT2D eigenvalue weighted by atomic mass is 10.1. The Balaban J connectivity index is 1.53. The van der Waals surface area contributed by atoms with Crippen LogP contribution in [0.5, 0.6) is 5.75 Å². The monoisotopic (exact) mass is 477 g/mol. The molecule has 1 aromatic carbocycles. The van der Waals surface area contributed by atoms with Gasteiger partial charge in [-0.25, -0.2) is 4.98 Å². The molecule has 29 heavy (non-hydrogen) atoms. The zero-order valence-electron chi connectivity index (χ0n) is 16.0. The van der Waals surface area contributed by atoms with Crippen molar-refractivity contribution in [3.8, 4) is 5.75 Å². The number of aromatic nitrogens is 3. The lowest BCUT2D eigenvalue weighted by molar-refractivity contribution is -0.122. The Bertz CT molecular complexity index is 1130. The van der Waals surface area contributed by atoms with E-state index in [1.807, 2.05) is 23.1 Å². The highest BCUT2D eigenvalue weighted by Crippen LogP contribution is 2.29. The highest BCUT2D eigenvalue weighted by Gasteiger charge is 2.33. The molecule has 0 saturated carbocycles. The molecule has 1 saturated heterocycles. The molecule has 3 heterocycles.